The van der Waals surface area contributed by atoms with E-state index in [1.54, 1.807) is 18.2 Å². The lowest BCUT2D eigenvalue weighted by atomic mass is 9.94. The number of nitrogens with one attached hydrogen (secondary N) is 1. The molecular formula is C17H19FN4O3. The summed E-state index contributed by atoms with van der Waals surface area (Å²) in [4.78, 5) is 12.9. The van der Waals surface area contributed by atoms with E-state index in [2.05, 4.69) is 10.4 Å². The number of piperidine rings is 1. The van der Waals surface area contributed by atoms with Gasteiger partial charge in [-0.3, -0.25) is 4.79 Å². The van der Waals surface area contributed by atoms with Gasteiger partial charge in [0.05, 0.1) is 5.56 Å². The number of nitrogens with zero attached hydrogens (tertiary/aromatic N) is 2. The third-order valence-electron chi connectivity index (χ3n) is 4.60. The molecule has 2 aromatic rings. The molecule has 0 saturated carbocycles. The second kappa shape index (κ2) is 6.36. The average Bonchev–Trinajstić information content (AvgIpc) is 2.96. The molecular weight excluding hydrogens is 327 g/mol. The van der Waals surface area contributed by atoms with E-state index in [1.807, 2.05) is 0 Å². The van der Waals surface area contributed by atoms with Crippen LogP contribution in [-0.2, 0) is 0 Å². The fourth-order valence-corrected chi connectivity index (χ4v) is 3.30. The normalized spacial score (nSPS) is 17.5. The molecule has 25 heavy (non-hydrogen) atoms. The van der Waals surface area contributed by atoms with Crippen LogP contribution >= 0.6 is 0 Å². The van der Waals surface area contributed by atoms with E-state index in [0.29, 0.717) is 24.7 Å². The SMILES string of the molecule is Nc1c(F)c(C2CCNCC2)nn1C(=O)c1cccc2c1OCCO2. The second-order valence-electron chi connectivity index (χ2n) is 6.16. The van der Waals surface area contributed by atoms with Gasteiger partial charge in [-0.1, -0.05) is 6.07 Å². The Labute approximate surface area is 143 Å². The van der Waals surface area contributed by atoms with Crippen LogP contribution in [0, 0.1) is 5.82 Å². The minimum Gasteiger partial charge on any atom is -0.486 e. The molecule has 0 aliphatic carbocycles. The highest BCUT2D eigenvalue weighted by atomic mass is 19.1. The maximum Gasteiger partial charge on any atom is 0.284 e. The number of hydrogen-bond donors (Lipinski definition) is 2. The summed E-state index contributed by atoms with van der Waals surface area (Å²) in [5.41, 5.74) is 6.35. The molecule has 2 aliphatic heterocycles. The first-order valence-electron chi connectivity index (χ1n) is 8.34. The monoisotopic (exact) mass is 346 g/mol. The summed E-state index contributed by atoms with van der Waals surface area (Å²) in [5.74, 6) is -0.616. The Bertz CT molecular complexity index is 814. The molecule has 3 heterocycles. The summed E-state index contributed by atoms with van der Waals surface area (Å²) in [6.45, 7) is 2.36. The van der Waals surface area contributed by atoms with Crippen molar-refractivity contribution >= 4 is 11.7 Å². The highest BCUT2D eigenvalue weighted by Gasteiger charge is 2.29. The number of carbonyl (C=O) groups excluding carboxylic acids is 1. The molecule has 0 spiro atoms. The molecule has 0 amide bonds. The first-order chi connectivity index (χ1) is 12.2. The molecule has 4 rings (SSSR count). The molecule has 1 fully saturated rings. The van der Waals surface area contributed by atoms with Crippen LogP contribution in [0.1, 0.15) is 34.8 Å². The summed E-state index contributed by atoms with van der Waals surface area (Å²) in [5, 5.41) is 7.42. The summed E-state index contributed by atoms with van der Waals surface area (Å²) < 4.78 is 26.6. The summed E-state index contributed by atoms with van der Waals surface area (Å²) in [6.07, 6.45) is 1.53. The van der Waals surface area contributed by atoms with Crippen LogP contribution in [0.15, 0.2) is 18.2 Å². The zero-order chi connectivity index (χ0) is 17.4. The maximum atomic E-state index is 14.6. The van der Waals surface area contributed by atoms with E-state index in [0.717, 1.165) is 30.6 Å². The lowest BCUT2D eigenvalue weighted by Gasteiger charge is -2.21. The van der Waals surface area contributed by atoms with Crippen LogP contribution in [0.2, 0.25) is 0 Å². The third-order valence-corrected chi connectivity index (χ3v) is 4.60. The first kappa shape index (κ1) is 15.9. The highest BCUT2D eigenvalue weighted by molar-refractivity contribution is 6.00. The van der Waals surface area contributed by atoms with Gasteiger partial charge in [0.2, 0.25) is 0 Å². The maximum absolute atomic E-state index is 14.6. The summed E-state index contributed by atoms with van der Waals surface area (Å²) in [7, 11) is 0. The van der Waals surface area contributed by atoms with Gasteiger partial charge in [-0.25, -0.2) is 4.39 Å². The van der Waals surface area contributed by atoms with Gasteiger partial charge in [-0.15, -0.1) is 0 Å². The number of para-hydroxylation sites is 1. The zero-order valence-corrected chi connectivity index (χ0v) is 13.6. The van der Waals surface area contributed by atoms with E-state index in [1.165, 1.54) is 0 Å². The molecule has 0 atom stereocenters. The van der Waals surface area contributed by atoms with E-state index in [9.17, 15) is 9.18 Å². The Morgan fingerprint density at radius 3 is 2.84 bits per heavy atom. The van der Waals surface area contributed by atoms with Crippen molar-refractivity contribution in [2.45, 2.75) is 18.8 Å². The second-order valence-corrected chi connectivity index (χ2v) is 6.16. The van der Waals surface area contributed by atoms with Crippen molar-refractivity contribution < 1.29 is 18.7 Å². The molecule has 1 aromatic carbocycles. The number of fused-ring (bicyclic) bond motifs is 1. The van der Waals surface area contributed by atoms with Gasteiger partial charge >= 0.3 is 0 Å². The average molecular weight is 346 g/mol. The smallest absolute Gasteiger partial charge is 0.284 e. The number of benzene rings is 1. The van der Waals surface area contributed by atoms with Gasteiger partial charge in [0, 0.05) is 5.92 Å². The van der Waals surface area contributed by atoms with Crippen molar-refractivity contribution in [1.29, 1.82) is 0 Å². The molecule has 132 valence electrons. The highest BCUT2D eigenvalue weighted by Crippen LogP contribution is 2.35. The van der Waals surface area contributed by atoms with Crippen LogP contribution < -0.4 is 20.5 Å². The Balaban J connectivity index is 1.71. The molecule has 1 saturated heterocycles. The van der Waals surface area contributed by atoms with Gasteiger partial charge in [0.1, 0.15) is 18.9 Å². The van der Waals surface area contributed by atoms with Crippen LogP contribution in [0.4, 0.5) is 10.2 Å². The lowest BCUT2D eigenvalue weighted by molar-refractivity contribution is 0.0936. The predicted octanol–water partition coefficient (Wildman–Crippen LogP) is 1.53. The molecule has 0 radical (unpaired) electrons. The van der Waals surface area contributed by atoms with Crippen molar-refractivity contribution in [1.82, 2.24) is 15.1 Å². The topological polar surface area (TPSA) is 91.4 Å². The molecule has 8 heteroatoms. The number of anilines is 1. The predicted molar refractivity (Wildman–Crippen MR) is 88.6 cm³/mol. The molecule has 1 aromatic heterocycles. The van der Waals surface area contributed by atoms with E-state index >= 15 is 0 Å². The van der Waals surface area contributed by atoms with Crippen LogP contribution in [-0.4, -0.2) is 42.0 Å². The van der Waals surface area contributed by atoms with Crippen molar-refractivity contribution in [3.05, 3.63) is 35.3 Å². The van der Waals surface area contributed by atoms with Crippen molar-refractivity contribution in [3.63, 3.8) is 0 Å². The van der Waals surface area contributed by atoms with Crippen molar-refractivity contribution in [2.75, 3.05) is 32.0 Å². The third kappa shape index (κ3) is 2.72. The number of hydrogen-bond acceptors (Lipinski definition) is 6. The standard InChI is InChI=1S/C17H19FN4O3/c18-13-14(10-4-6-20-7-5-10)21-22(16(13)19)17(23)11-2-1-3-12-15(11)25-9-8-24-12/h1-3,10,20H,4-9,19H2. The molecule has 2 aliphatic rings. The number of nitrogen functional groups attached to an aromatic ring is 1. The minimum atomic E-state index is -0.609. The molecule has 7 nitrogen and oxygen atoms in total. The van der Waals surface area contributed by atoms with Crippen LogP contribution in [0.5, 0.6) is 11.5 Å². The number of nitrogens with two attached hydrogens (primary N) is 1. The van der Waals surface area contributed by atoms with Crippen molar-refractivity contribution in [2.24, 2.45) is 0 Å². The van der Waals surface area contributed by atoms with E-state index in [4.69, 9.17) is 15.2 Å². The van der Waals surface area contributed by atoms with Gasteiger partial charge in [0.15, 0.2) is 23.1 Å². The Hall–Kier alpha value is -2.61. The number of halogens is 1. The van der Waals surface area contributed by atoms with E-state index in [-0.39, 0.29) is 23.0 Å². The number of aromatic nitrogens is 2. The van der Waals surface area contributed by atoms with Gasteiger partial charge in [-0.05, 0) is 38.1 Å². The fourth-order valence-electron chi connectivity index (χ4n) is 3.30. The largest absolute Gasteiger partial charge is 0.486 e. The van der Waals surface area contributed by atoms with Crippen LogP contribution in [0.25, 0.3) is 0 Å². The minimum absolute atomic E-state index is 0.0399. The fraction of sp³-hybridized carbons (Fsp3) is 0.412. The quantitative estimate of drug-likeness (QED) is 0.857. The van der Waals surface area contributed by atoms with Gasteiger partial charge < -0.3 is 20.5 Å². The Kier molecular flexibility index (Phi) is 4.04. The van der Waals surface area contributed by atoms with Gasteiger partial charge in [0.25, 0.3) is 5.91 Å². The molecule has 0 bridgehead atoms. The number of ether oxygens (including phenoxy) is 2. The Morgan fingerprint density at radius 2 is 2.04 bits per heavy atom. The first-order valence-corrected chi connectivity index (χ1v) is 8.34. The molecule has 0 unspecified atom stereocenters. The Morgan fingerprint density at radius 1 is 1.28 bits per heavy atom. The summed E-state index contributed by atoms with van der Waals surface area (Å²) >= 11 is 0. The summed E-state index contributed by atoms with van der Waals surface area (Å²) in [6, 6.07) is 5.00. The lowest BCUT2D eigenvalue weighted by Crippen LogP contribution is -2.27. The number of carbonyl (C=O) groups is 1. The zero-order valence-electron chi connectivity index (χ0n) is 13.6. The van der Waals surface area contributed by atoms with Crippen molar-refractivity contribution in [3.8, 4) is 11.5 Å². The van der Waals surface area contributed by atoms with Gasteiger partial charge in [-0.2, -0.15) is 9.78 Å². The molecule has 3 N–H and O–H groups in total. The van der Waals surface area contributed by atoms with Crippen LogP contribution in [0.3, 0.4) is 0 Å². The number of rotatable bonds is 2. The van der Waals surface area contributed by atoms with E-state index < -0.39 is 11.7 Å².